The van der Waals surface area contributed by atoms with Crippen LogP contribution in [0.1, 0.15) is 33.6 Å². The zero-order chi connectivity index (χ0) is 21.9. The number of hydrogen-bond donors (Lipinski definition) is 1. The van der Waals surface area contributed by atoms with Crippen LogP contribution in [-0.2, 0) is 25.9 Å². The van der Waals surface area contributed by atoms with Gasteiger partial charge < -0.3 is 9.47 Å². The highest BCUT2D eigenvalue weighted by Crippen LogP contribution is 2.29. The molecule has 1 aliphatic heterocycles. The summed E-state index contributed by atoms with van der Waals surface area (Å²) in [4.78, 5) is 17.3. The number of ether oxygens (including phenoxy) is 2. The van der Waals surface area contributed by atoms with Gasteiger partial charge in [-0.1, -0.05) is 0 Å². The molecule has 1 saturated heterocycles. The number of hydrogen-bond acceptors (Lipinski definition) is 7. The number of benzene rings is 1. The van der Waals surface area contributed by atoms with Gasteiger partial charge in [0.05, 0.1) is 12.4 Å². The van der Waals surface area contributed by atoms with Crippen LogP contribution >= 0.6 is 0 Å². The van der Waals surface area contributed by atoms with Crippen LogP contribution in [0, 0.1) is 0 Å². The number of methoxy groups -OCH3 is 1. The molecule has 30 heavy (non-hydrogen) atoms. The van der Waals surface area contributed by atoms with E-state index in [0.717, 1.165) is 11.3 Å². The van der Waals surface area contributed by atoms with Gasteiger partial charge >= 0.3 is 0 Å². The quantitative estimate of drug-likeness (QED) is 0.708. The van der Waals surface area contributed by atoms with Gasteiger partial charge in [-0.2, -0.15) is 4.98 Å². The number of aryl methyl sites for hydroxylation is 1. The van der Waals surface area contributed by atoms with Crippen molar-refractivity contribution in [2.24, 2.45) is 0 Å². The van der Waals surface area contributed by atoms with Crippen LogP contribution < -0.4 is 10.1 Å². The SMILES string of the molecule is CCn1nc(NC(=O)C(C)(C)S(=O)(=O)C2CCOCC2)nc1-c1ccc(OC)cc1. The standard InChI is InChI=1S/C20H28N4O5S/c1-5-24-17(14-6-8-15(28-4)9-7-14)21-19(23-24)22-18(25)20(2,3)30(26,27)16-10-12-29-13-11-16/h6-9,16H,5,10-13H2,1-4H3,(H,22,23,25). The molecule has 2 aromatic rings. The number of aromatic nitrogens is 3. The van der Waals surface area contributed by atoms with Crippen molar-refractivity contribution in [1.82, 2.24) is 14.8 Å². The van der Waals surface area contributed by atoms with Crippen LogP contribution in [0.3, 0.4) is 0 Å². The molecule has 0 spiro atoms. The third-order valence-corrected chi connectivity index (χ3v) is 8.37. The first-order valence-corrected chi connectivity index (χ1v) is 11.5. The summed E-state index contributed by atoms with van der Waals surface area (Å²) in [5.41, 5.74) is 0.805. The maximum Gasteiger partial charge on any atom is 0.249 e. The summed E-state index contributed by atoms with van der Waals surface area (Å²) in [6.45, 7) is 6.06. The number of amides is 1. The largest absolute Gasteiger partial charge is 0.497 e. The molecule has 0 bridgehead atoms. The Morgan fingerprint density at radius 1 is 1.27 bits per heavy atom. The van der Waals surface area contributed by atoms with Crippen molar-refractivity contribution in [3.8, 4) is 17.1 Å². The Hall–Kier alpha value is -2.46. The molecule has 1 aliphatic rings. The molecule has 1 fully saturated rings. The highest BCUT2D eigenvalue weighted by Gasteiger charge is 2.46. The normalized spacial score (nSPS) is 15.7. The molecule has 1 aromatic heterocycles. The zero-order valence-corrected chi connectivity index (χ0v) is 18.5. The molecule has 1 aromatic carbocycles. The van der Waals surface area contributed by atoms with Gasteiger partial charge in [0.1, 0.15) is 10.5 Å². The number of nitrogens with zero attached hydrogens (tertiary/aromatic N) is 3. The molecular weight excluding hydrogens is 408 g/mol. The van der Waals surface area contributed by atoms with E-state index in [-0.39, 0.29) is 5.95 Å². The first-order chi connectivity index (χ1) is 14.2. The minimum absolute atomic E-state index is 0.0721. The lowest BCUT2D eigenvalue weighted by Crippen LogP contribution is -2.50. The van der Waals surface area contributed by atoms with Gasteiger partial charge in [0.15, 0.2) is 15.7 Å². The van der Waals surface area contributed by atoms with Crippen LogP contribution in [-0.4, -0.2) is 59.4 Å². The molecule has 0 unspecified atom stereocenters. The van der Waals surface area contributed by atoms with Crippen molar-refractivity contribution in [2.75, 3.05) is 25.6 Å². The van der Waals surface area contributed by atoms with Gasteiger partial charge in [-0.25, -0.2) is 13.1 Å². The second-order valence-electron chi connectivity index (χ2n) is 7.62. The number of nitrogens with one attached hydrogen (secondary N) is 1. The van der Waals surface area contributed by atoms with Gasteiger partial charge in [-0.15, -0.1) is 5.10 Å². The lowest BCUT2D eigenvalue weighted by atomic mass is 10.2. The van der Waals surface area contributed by atoms with E-state index in [1.807, 2.05) is 31.2 Å². The first-order valence-electron chi connectivity index (χ1n) is 9.92. The molecular formula is C20H28N4O5S. The van der Waals surface area contributed by atoms with E-state index >= 15 is 0 Å². The molecule has 1 amide bonds. The summed E-state index contributed by atoms with van der Waals surface area (Å²) < 4.78 is 36.6. The first kappa shape index (κ1) is 22.2. The topological polar surface area (TPSA) is 112 Å². The van der Waals surface area contributed by atoms with E-state index in [4.69, 9.17) is 9.47 Å². The van der Waals surface area contributed by atoms with E-state index < -0.39 is 25.7 Å². The molecule has 3 rings (SSSR count). The molecule has 0 radical (unpaired) electrons. The van der Waals surface area contributed by atoms with E-state index in [1.165, 1.54) is 13.8 Å². The summed E-state index contributed by atoms with van der Waals surface area (Å²) in [5, 5.41) is 6.33. The van der Waals surface area contributed by atoms with Gasteiger partial charge in [0.2, 0.25) is 11.9 Å². The lowest BCUT2D eigenvalue weighted by Gasteiger charge is -2.30. The molecule has 164 valence electrons. The van der Waals surface area contributed by atoms with Crippen molar-refractivity contribution in [2.45, 2.75) is 50.2 Å². The van der Waals surface area contributed by atoms with E-state index in [1.54, 1.807) is 11.8 Å². The second kappa shape index (κ2) is 8.73. The van der Waals surface area contributed by atoms with E-state index in [2.05, 4.69) is 15.4 Å². The van der Waals surface area contributed by atoms with Crippen LogP contribution in [0.15, 0.2) is 24.3 Å². The summed E-state index contributed by atoms with van der Waals surface area (Å²) in [6, 6.07) is 7.32. The van der Waals surface area contributed by atoms with E-state index in [9.17, 15) is 13.2 Å². The number of anilines is 1. The third kappa shape index (κ3) is 4.20. The summed E-state index contributed by atoms with van der Waals surface area (Å²) >= 11 is 0. The van der Waals surface area contributed by atoms with Gasteiger partial charge in [0.25, 0.3) is 0 Å². The molecule has 0 aliphatic carbocycles. The Morgan fingerprint density at radius 3 is 2.47 bits per heavy atom. The summed E-state index contributed by atoms with van der Waals surface area (Å²) in [5.74, 6) is 0.710. The molecule has 10 heteroatoms. The zero-order valence-electron chi connectivity index (χ0n) is 17.7. The maximum atomic E-state index is 13.1. The van der Waals surface area contributed by atoms with Crippen molar-refractivity contribution in [3.05, 3.63) is 24.3 Å². The average Bonchev–Trinajstić information content (AvgIpc) is 3.17. The molecule has 1 N–H and O–H groups in total. The van der Waals surface area contributed by atoms with Crippen LogP contribution in [0.5, 0.6) is 5.75 Å². The Kier molecular flexibility index (Phi) is 6.47. The Bertz CT molecular complexity index is 993. The highest BCUT2D eigenvalue weighted by molar-refractivity contribution is 7.94. The molecule has 0 atom stereocenters. The van der Waals surface area contributed by atoms with Crippen molar-refractivity contribution < 1.29 is 22.7 Å². The average molecular weight is 437 g/mol. The summed E-state index contributed by atoms with van der Waals surface area (Å²) in [7, 11) is -2.13. The second-order valence-corrected chi connectivity index (χ2v) is 10.4. The van der Waals surface area contributed by atoms with Crippen molar-refractivity contribution in [1.29, 1.82) is 0 Å². The molecule has 9 nitrogen and oxygen atoms in total. The van der Waals surface area contributed by atoms with Crippen molar-refractivity contribution in [3.63, 3.8) is 0 Å². The predicted molar refractivity (Wildman–Crippen MR) is 113 cm³/mol. The number of sulfone groups is 1. The monoisotopic (exact) mass is 436 g/mol. The van der Waals surface area contributed by atoms with Crippen LogP contribution in [0.25, 0.3) is 11.4 Å². The predicted octanol–water partition coefficient (Wildman–Crippen LogP) is 2.28. The maximum absolute atomic E-state index is 13.1. The fraction of sp³-hybridized carbons (Fsp3) is 0.550. The summed E-state index contributed by atoms with van der Waals surface area (Å²) in [6.07, 6.45) is 0.784. The Labute approximate surface area is 176 Å². The molecule has 0 saturated carbocycles. The lowest BCUT2D eigenvalue weighted by molar-refractivity contribution is -0.117. The number of carbonyl (C=O) groups excluding carboxylic acids is 1. The highest BCUT2D eigenvalue weighted by atomic mass is 32.2. The van der Waals surface area contributed by atoms with E-state index in [0.29, 0.717) is 38.4 Å². The number of carbonyl (C=O) groups is 1. The molecule has 2 heterocycles. The smallest absolute Gasteiger partial charge is 0.249 e. The van der Waals surface area contributed by atoms with Crippen LogP contribution in [0.4, 0.5) is 5.95 Å². The fourth-order valence-electron chi connectivity index (χ4n) is 3.35. The Balaban J connectivity index is 1.82. The van der Waals surface area contributed by atoms with Crippen molar-refractivity contribution >= 4 is 21.7 Å². The number of rotatable bonds is 7. The van der Waals surface area contributed by atoms with Gasteiger partial charge in [0, 0.05) is 25.3 Å². The third-order valence-electron chi connectivity index (χ3n) is 5.41. The minimum atomic E-state index is -3.72. The van der Waals surface area contributed by atoms with Gasteiger partial charge in [-0.3, -0.25) is 10.1 Å². The van der Waals surface area contributed by atoms with Gasteiger partial charge in [-0.05, 0) is 57.9 Å². The van der Waals surface area contributed by atoms with Crippen LogP contribution in [0.2, 0.25) is 0 Å². The Morgan fingerprint density at radius 2 is 1.90 bits per heavy atom. The fourth-order valence-corrected chi connectivity index (χ4v) is 5.31. The minimum Gasteiger partial charge on any atom is -0.497 e.